The van der Waals surface area contributed by atoms with Crippen LogP contribution < -0.4 is 10.6 Å². The average molecular weight is 502 g/mol. The van der Waals surface area contributed by atoms with Crippen molar-refractivity contribution in [3.05, 3.63) is 25.3 Å². The molecule has 0 spiro atoms. The predicted molar refractivity (Wildman–Crippen MR) is 95.0 cm³/mol. The number of rotatable bonds is 7. The van der Waals surface area contributed by atoms with Gasteiger partial charge in [0, 0.05) is 25.8 Å². The van der Waals surface area contributed by atoms with E-state index in [1.807, 2.05) is 18.2 Å². The van der Waals surface area contributed by atoms with Gasteiger partial charge in [0.15, 0.2) is 0 Å². The third-order valence-electron chi connectivity index (χ3n) is 2.50. The Hall–Kier alpha value is -0.580. The van der Waals surface area contributed by atoms with Crippen molar-refractivity contribution in [3.63, 3.8) is 0 Å². The van der Waals surface area contributed by atoms with Crippen molar-refractivity contribution in [1.82, 2.24) is 5.32 Å². The molecule has 0 unspecified atom stereocenters. The lowest BCUT2D eigenvalue weighted by molar-refractivity contribution is -0.116. The molecule has 110 valence electrons. The highest BCUT2D eigenvalue weighted by Crippen LogP contribution is 2.18. The largest absolute Gasteiger partial charge is 0.465 e. The van der Waals surface area contributed by atoms with Gasteiger partial charge in [0.25, 0.3) is 0 Å². The molecular weight excluding hydrogens is 486 g/mol. The number of hydrogen-bond donors (Lipinski definition) is 3. The monoisotopic (exact) mass is 502 g/mol. The van der Waals surface area contributed by atoms with Crippen molar-refractivity contribution in [1.29, 1.82) is 0 Å². The van der Waals surface area contributed by atoms with Gasteiger partial charge in [0.1, 0.15) is 0 Å². The van der Waals surface area contributed by atoms with Gasteiger partial charge in [-0.3, -0.25) is 4.79 Å². The molecule has 0 aromatic heterocycles. The minimum atomic E-state index is -1.00. The van der Waals surface area contributed by atoms with E-state index in [4.69, 9.17) is 5.11 Å². The average Bonchev–Trinajstić information content (AvgIpc) is 2.31. The van der Waals surface area contributed by atoms with Crippen LogP contribution in [-0.2, 0) is 4.79 Å². The Morgan fingerprint density at radius 1 is 1.05 bits per heavy atom. The zero-order valence-electron chi connectivity index (χ0n) is 10.8. The summed E-state index contributed by atoms with van der Waals surface area (Å²) in [7, 11) is 0. The maximum Gasteiger partial charge on any atom is 0.404 e. The van der Waals surface area contributed by atoms with Gasteiger partial charge < -0.3 is 15.7 Å². The molecule has 0 heterocycles. The normalized spacial score (nSPS) is 10.1. The molecule has 0 radical (unpaired) electrons. The lowest BCUT2D eigenvalue weighted by Crippen LogP contribution is -2.21. The van der Waals surface area contributed by atoms with E-state index in [0.717, 1.165) is 32.1 Å². The Morgan fingerprint density at radius 2 is 1.70 bits per heavy atom. The first-order chi connectivity index (χ1) is 9.47. The van der Waals surface area contributed by atoms with Crippen molar-refractivity contribution in [2.75, 3.05) is 11.9 Å². The summed E-state index contributed by atoms with van der Waals surface area (Å²) in [4.78, 5) is 22.0. The maximum atomic E-state index is 11.8. The standard InChI is InChI=1S/C13H16I2N2O3/c14-9-6-10(15)8-11(7-9)17-12(18)4-2-1-3-5-16-13(19)20/h6-8,16H,1-5H2,(H,17,18)(H,19,20). The first-order valence-electron chi connectivity index (χ1n) is 6.20. The zero-order valence-corrected chi connectivity index (χ0v) is 15.1. The quantitative estimate of drug-likeness (QED) is 0.394. The summed E-state index contributed by atoms with van der Waals surface area (Å²) >= 11 is 4.43. The minimum absolute atomic E-state index is 0.00556. The second-order valence-corrected chi connectivity index (χ2v) is 6.74. The van der Waals surface area contributed by atoms with Crippen LogP contribution >= 0.6 is 45.2 Å². The molecule has 2 amide bonds. The third-order valence-corrected chi connectivity index (χ3v) is 3.75. The van der Waals surface area contributed by atoms with Gasteiger partial charge in [-0.05, 0) is 76.2 Å². The summed E-state index contributed by atoms with van der Waals surface area (Å²) in [5, 5.41) is 13.6. The fourth-order valence-electron chi connectivity index (χ4n) is 1.63. The summed E-state index contributed by atoms with van der Waals surface area (Å²) in [5.74, 6) is -0.00556. The molecule has 0 fully saturated rings. The van der Waals surface area contributed by atoms with Gasteiger partial charge in [-0.15, -0.1) is 0 Å². The number of anilines is 1. The summed E-state index contributed by atoms with van der Waals surface area (Å²) in [6, 6.07) is 5.89. The molecule has 1 rings (SSSR count). The smallest absolute Gasteiger partial charge is 0.404 e. The SMILES string of the molecule is O=C(O)NCCCCCC(=O)Nc1cc(I)cc(I)c1. The van der Waals surface area contributed by atoms with E-state index in [1.54, 1.807) is 0 Å². The lowest BCUT2D eigenvalue weighted by Gasteiger charge is -2.06. The van der Waals surface area contributed by atoms with Crippen molar-refractivity contribution < 1.29 is 14.7 Å². The number of halogens is 2. The van der Waals surface area contributed by atoms with Crippen LogP contribution in [0.2, 0.25) is 0 Å². The van der Waals surface area contributed by atoms with Gasteiger partial charge in [-0.2, -0.15) is 0 Å². The second kappa shape index (κ2) is 9.37. The second-order valence-electron chi connectivity index (χ2n) is 4.25. The Labute approximate surface area is 145 Å². The Morgan fingerprint density at radius 3 is 2.30 bits per heavy atom. The van der Waals surface area contributed by atoms with E-state index in [-0.39, 0.29) is 5.91 Å². The number of carboxylic acid groups (broad SMARTS) is 1. The molecule has 0 saturated heterocycles. The summed E-state index contributed by atoms with van der Waals surface area (Å²) in [6.45, 7) is 0.437. The van der Waals surface area contributed by atoms with Crippen molar-refractivity contribution >= 4 is 62.9 Å². The molecule has 0 atom stereocenters. The van der Waals surface area contributed by atoms with E-state index in [0.29, 0.717) is 13.0 Å². The predicted octanol–water partition coefficient (Wildman–Crippen LogP) is 3.66. The highest BCUT2D eigenvalue weighted by Gasteiger charge is 2.04. The third kappa shape index (κ3) is 7.88. The van der Waals surface area contributed by atoms with Gasteiger partial charge >= 0.3 is 6.09 Å². The number of benzene rings is 1. The highest BCUT2D eigenvalue weighted by atomic mass is 127. The number of unbranched alkanes of at least 4 members (excludes halogenated alkanes) is 2. The first-order valence-corrected chi connectivity index (χ1v) is 8.36. The Kier molecular flexibility index (Phi) is 8.19. The molecular formula is C13H16I2N2O3. The molecule has 0 aliphatic heterocycles. The minimum Gasteiger partial charge on any atom is -0.465 e. The molecule has 0 saturated carbocycles. The van der Waals surface area contributed by atoms with Crippen LogP contribution in [-0.4, -0.2) is 23.7 Å². The maximum absolute atomic E-state index is 11.8. The molecule has 5 nitrogen and oxygen atoms in total. The Bertz CT molecular complexity index is 460. The highest BCUT2D eigenvalue weighted by molar-refractivity contribution is 14.1. The van der Waals surface area contributed by atoms with E-state index in [2.05, 4.69) is 55.8 Å². The van der Waals surface area contributed by atoms with Crippen LogP contribution in [0, 0.1) is 7.14 Å². The van der Waals surface area contributed by atoms with Gasteiger partial charge in [-0.25, -0.2) is 4.79 Å². The summed E-state index contributed by atoms with van der Waals surface area (Å²) < 4.78 is 2.18. The van der Waals surface area contributed by atoms with Crippen LogP contribution in [0.4, 0.5) is 10.5 Å². The van der Waals surface area contributed by atoms with E-state index in [9.17, 15) is 9.59 Å². The van der Waals surface area contributed by atoms with E-state index < -0.39 is 6.09 Å². The summed E-state index contributed by atoms with van der Waals surface area (Å²) in [5.41, 5.74) is 0.818. The fourth-order valence-corrected chi connectivity index (χ4v) is 3.57. The van der Waals surface area contributed by atoms with E-state index in [1.165, 1.54) is 0 Å². The van der Waals surface area contributed by atoms with E-state index >= 15 is 0 Å². The molecule has 0 aliphatic carbocycles. The van der Waals surface area contributed by atoms with Crippen molar-refractivity contribution in [2.24, 2.45) is 0 Å². The number of carbonyl (C=O) groups is 2. The first kappa shape index (κ1) is 17.5. The van der Waals surface area contributed by atoms with Gasteiger partial charge in [-0.1, -0.05) is 6.42 Å². The fraction of sp³-hybridized carbons (Fsp3) is 0.385. The van der Waals surface area contributed by atoms with Crippen LogP contribution in [0.15, 0.2) is 18.2 Å². The molecule has 3 N–H and O–H groups in total. The molecule has 1 aromatic carbocycles. The van der Waals surface area contributed by atoms with Gasteiger partial charge in [0.2, 0.25) is 5.91 Å². The van der Waals surface area contributed by atoms with Crippen LogP contribution in [0.3, 0.4) is 0 Å². The zero-order chi connectivity index (χ0) is 15.0. The number of nitrogens with one attached hydrogen (secondary N) is 2. The number of hydrogen-bond acceptors (Lipinski definition) is 2. The van der Waals surface area contributed by atoms with Crippen LogP contribution in [0.5, 0.6) is 0 Å². The molecule has 1 aromatic rings. The number of amides is 2. The van der Waals surface area contributed by atoms with Crippen molar-refractivity contribution in [2.45, 2.75) is 25.7 Å². The lowest BCUT2D eigenvalue weighted by atomic mass is 10.2. The Balaban J connectivity index is 2.21. The molecule has 7 heteroatoms. The van der Waals surface area contributed by atoms with Gasteiger partial charge in [0.05, 0.1) is 0 Å². The summed E-state index contributed by atoms with van der Waals surface area (Å²) in [6.07, 6.45) is 1.79. The van der Waals surface area contributed by atoms with Crippen molar-refractivity contribution in [3.8, 4) is 0 Å². The van der Waals surface area contributed by atoms with Crippen LogP contribution in [0.1, 0.15) is 25.7 Å². The van der Waals surface area contributed by atoms with Crippen LogP contribution in [0.25, 0.3) is 0 Å². The molecule has 0 bridgehead atoms. The molecule has 20 heavy (non-hydrogen) atoms. The number of carbonyl (C=O) groups excluding carboxylic acids is 1. The topological polar surface area (TPSA) is 78.4 Å². The molecule has 0 aliphatic rings.